The van der Waals surface area contributed by atoms with Crippen LogP contribution in [0, 0.1) is 0 Å². The van der Waals surface area contributed by atoms with Crippen molar-refractivity contribution < 1.29 is 23.1 Å². The lowest BCUT2D eigenvalue weighted by atomic mass is 9.99. The summed E-state index contributed by atoms with van der Waals surface area (Å²) in [6.45, 7) is 3.23. The molecule has 42 heavy (non-hydrogen) atoms. The number of amides is 1. The first-order valence-electron chi connectivity index (χ1n) is 14.1. The Hall–Kier alpha value is -3.47. The van der Waals surface area contributed by atoms with Gasteiger partial charge in [-0.3, -0.25) is 4.79 Å². The molecule has 1 aromatic heterocycles. The predicted octanol–water partition coefficient (Wildman–Crippen LogP) is 5.81. The van der Waals surface area contributed by atoms with Crippen LogP contribution in [0.3, 0.4) is 0 Å². The van der Waals surface area contributed by atoms with E-state index in [1.165, 1.54) is 11.6 Å². The smallest absolute Gasteiger partial charge is 0.390 e. The molecule has 222 valence electrons. The van der Waals surface area contributed by atoms with Crippen molar-refractivity contribution in [2.75, 3.05) is 23.7 Å². The maximum absolute atomic E-state index is 13.7. The third-order valence-corrected chi connectivity index (χ3v) is 8.60. The van der Waals surface area contributed by atoms with E-state index in [0.717, 1.165) is 53.0 Å². The van der Waals surface area contributed by atoms with Crippen LogP contribution in [0.25, 0.3) is 10.9 Å². The molecule has 0 radical (unpaired) electrons. The minimum atomic E-state index is -4.42. The van der Waals surface area contributed by atoms with Crippen LogP contribution in [0.2, 0.25) is 0 Å². The normalized spacial score (nSPS) is 15.0. The summed E-state index contributed by atoms with van der Waals surface area (Å²) in [5.74, 6) is 0.641. The lowest BCUT2D eigenvalue weighted by Gasteiger charge is -2.25. The van der Waals surface area contributed by atoms with Gasteiger partial charge in [-0.25, -0.2) is 0 Å². The third kappa shape index (κ3) is 6.77. The molecule has 6 nitrogen and oxygen atoms in total. The Balaban J connectivity index is 1.35. The van der Waals surface area contributed by atoms with Crippen LogP contribution < -0.4 is 14.9 Å². The monoisotopic (exact) mass is 596 g/mol. The Labute approximate surface area is 248 Å². The van der Waals surface area contributed by atoms with Gasteiger partial charge in [0.2, 0.25) is 0 Å². The van der Waals surface area contributed by atoms with Gasteiger partial charge in [0.15, 0.2) is 0 Å². The second kappa shape index (κ2) is 12.8. The number of alkyl halides is 3. The molecule has 0 aliphatic carbocycles. The average molecular weight is 597 g/mol. The number of carbonyl (C=O) groups is 1. The summed E-state index contributed by atoms with van der Waals surface area (Å²) in [7, 11) is 2.01. The molecule has 3 N–H and O–H groups in total. The number of aliphatic hydroxyl groups is 1. The molecule has 0 saturated carbocycles. The van der Waals surface area contributed by atoms with Crippen molar-refractivity contribution in [3.8, 4) is 0 Å². The van der Waals surface area contributed by atoms with Gasteiger partial charge in [0.25, 0.3) is 5.91 Å². The zero-order chi connectivity index (χ0) is 29.9. The van der Waals surface area contributed by atoms with Crippen LogP contribution in [-0.4, -0.2) is 47.1 Å². The summed E-state index contributed by atoms with van der Waals surface area (Å²) in [5.41, 5.74) is 4.48. The van der Waals surface area contributed by atoms with E-state index in [1.807, 2.05) is 49.5 Å². The number of benzene rings is 3. The van der Waals surface area contributed by atoms with E-state index >= 15 is 0 Å². The van der Waals surface area contributed by atoms with E-state index < -0.39 is 23.9 Å². The summed E-state index contributed by atoms with van der Waals surface area (Å²) in [4.78, 5) is 13.7. The molecule has 0 fully saturated rings. The molecule has 1 aliphatic rings. The highest BCUT2D eigenvalue weighted by atomic mass is 32.2. The highest BCUT2D eigenvalue weighted by Crippen LogP contribution is 2.37. The fourth-order valence-electron chi connectivity index (χ4n) is 5.43. The predicted molar refractivity (Wildman–Crippen MR) is 163 cm³/mol. The molecule has 3 aromatic carbocycles. The molecular formula is C32H35F3N4O2S. The summed E-state index contributed by atoms with van der Waals surface area (Å²) < 4.78 is 43.7. The number of aliphatic hydroxyl groups excluding tert-OH is 1. The van der Waals surface area contributed by atoms with Gasteiger partial charge in [-0.15, -0.1) is 0 Å². The second-order valence-electron chi connectivity index (χ2n) is 10.6. The topological polar surface area (TPSA) is 69.5 Å². The van der Waals surface area contributed by atoms with Gasteiger partial charge in [-0.05, 0) is 59.7 Å². The molecule has 4 aromatic rings. The highest BCUT2D eigenvalue weighted by Gasteiger charge is 2.30. The standard InChI is InChI=1S/C32H35F3N4O2S/c1-3-23-20-39-12-13-42-38(2)28-17-24(16-26(23)30(28)39)31(41)37-27(15-21-8-5-4-6-9-21)29(40)19-36-18-22-10-7-11-25(14-22)32(33,34)35/h4-11,14,16-17,20,27,29,36,40H,3,12-13,15,18-19H2,1-2H3,(H,37,41)/t27-,29+/m0/s1. The molecular weight excluding hydrogens is 561 g/mol. The number of halogens is 3. The van der Waals surface area contributed by atoms with E-state index in [0.29, 0.717) is 17.5 Å². The van der Waals surface area contributed by atoms with Crippen LogP contribution >= 0.6 is 11.9 Å². The van der Waals surface area contributed by atoms with Crippen LogP contribution in [0.1, 0.15) is 39.5 Å². The number of hydrogen-bond acceptors (Lipinski definition) is 5. The molecule has 2 atom stereocenters. The summed E-state index contributed by atoms with van der Waals surface area (Å²) in [6, 6.07) is 17.9. The third-order valence-electron chi connectivity index (χ3n) is 7.65. The van der Waals surface area contributed by atoms with Crippen molar-refractivity contribution in [2.24, 2.45) is 0 Å². The number of aryl methyl sites for hydroxylation is 2. The number of hydrogen-bond donors (Lipinski definition) is 3. The average Bonchev–Trinajstić information content (AvgIpc) is 3.25. The zero-order valence-corrected chi connectivity index (χ0v) is 24.4. The van der Waals surface area contributed by atoms with E-state index in [-0.39, 0.29) is 19.0 Å². The maximum atomic E-state index is 13.7. The molecule has 10 heteroatoms. The number of anilines is 1. The quantitative estimate of drug-likeness (QED) is 0.202. The van der Waals surface area contributed by atoms with Gasteiger partial charge in [0.05, 0.1) is 28.9 Å². The van der Waals surface area contributed by atoms with Crippen molar-refractivity contribution in [3.63, 3.8) is 0 Å². The van der Waals surface area contributed by atoms with Crippen molar-refractivity contribution in [3.05, 3.63) is 101 Å². The van der Waals surface area contributed by atoms with Crippen molar-refractivity contribution in [1.82, 2.24) is 15.2 Å². The fraction of sp³-hybridized carbons (Fsp3) is 0.344. The number of nitrogens with zero attached hydrogens (tertiary/aromatic N) is 2. The Morgan fingerprint density at radius 1 is 1.07 bits per heavy atom. The SMILES string of the molecule is CCc1cn2c3c(cc(C(=O)N[C@@H](Cc4ccccc4)[C@H](O)CNCc4cccc(C(F)(F)F)c4)cc13)N(C)SCC2. The van der Waals surface area contributed by atoms with Crippen molar-refractivity contribution >= 4 is 34.4 Å². The molecule has 1 aliphatic heterocycles. The number of nitrogens with one attached hydrogen (secondary N) is 2. The van der Waals surface area contributed by atoms with Crippen molar-refractivity contribution in [2.45, 2.75) is 51.2 Å². The molecule has 2 heterocycles. The largest absolute Gasteiger partial charge is 0.416 e. The first-order valence-corrected chi connectivity index (χ1v) is 15.0. The number of aromatic nitrogens is 1. The molecule has 5 rings (SSSR count). The van der Waals surface area contributed by atoms with Crippen molar-refractivity contribution in [1.29, 1.82) is 0 Å². The molecule has 0 spiro atoms. The molecule has 0 bridgehead atoms. The van der Waals surface area contributed by atoms with Crippen LogP contribution in [-0.2, 0) is 32.1 Å². The van der Waals surface area contributed by atoms with Gasteiger partial charge in [0, 0.05) is 49.6 Å². The summed E-state index contributed by atoms with van der Waals surface area (Å²) >= 11 is 1.71. The second-order valence-corrected chi connectivity index (χ2v) is 11.8. The number of rotatable bonds is 10. The summed E-state index contributed by atoms with van der Waals surface area (Å²) in [5, 5.41) is 18.4. The van der Waals surface area contributed by atoms with Gasteiger partial charge >= 0.3 is 6.18 Å². The van der Waals surface area contributed by atoms with E-state index in [2.05, 4.69) is 32.6 Å². The highest BCUT2D eigenvalue weighted by molar-refractivity contribution is 8.00. The van der Waals surface area contributed by atoms with E-state index in [4.69, 9.17) is 0 Å². The molecule has 1 amide bonds. The zero-order valence-electron chi connectivity index (χ0n) is 23.6. The first kappa shape index (κ1) is 30.0. The van der Waals surface area contributed by atoms with Gasteiger partial charge in [0.1, 0.15) is 0 Å². The molecule has 0 saturated heterocycles. The molecule has 0 unspecified atom stereocenters. The van der Waals surface area contributed by atoms with Crippen LogP contribution in [0.15, 0.2) is 72.9 Å². The number of carbonyl (C=O) groups excluding carboxylic acids is 1. The fourth-order valence-corrected chi connectivity index (χ4v) is 6.26. The van der Waals surface area contributed by atoms with E-state index in [1.54, 1.807) is 18.0 Å². The van der Waals surface area contributed by atoms with Gasteiger partial charge < -0.3 is 24.6 Å². The Bertz CT molecular complexity index is 1540. The van der Waals surface area contributed by atoms with Crippen LogP contribution in [0.4, 0.5) is 18.9 Å². The minimum Gasteiger partial charge on any atom is -0.390 e. The van der Waals surface area contributed by atoms with Gasteiger partial charge in [-0.1, -0.05) is 55.5 Å². The Kier molecular flexibility index (Phi) is 9.15. The first-order chi connectivity index (χ1) is 20.1. The summed E-state index contributed by atoms with van der Waals surface area (Å²) in [6.07, 6.45) is -2.00. The maximum Gasteiger partial charge on any atom is 0.416 e. The van der Waals surface area contributed by atoms with Gasteiger partial charge in [-0.2, -0.15) is 13.2 Å². The van der Waals surface area contributed by atoms with Crippen LogP contribution in [0.5, 0.6) is 0 Å². The lowest BCUT2D eigenvalue weighted by molar-refractivity contribution is -0.137. The Morgan fingerprint density at radius 2 is 1.83 bits per heavy atom. The Morgan fingerprint density at radius 3 is 2.57 bits per heavy atom. The van der Waals surface area contributed by atoms with E-state index in [9.17, 15) is 23.1 Å². The lowest BCUT2D eigenvalue weighted by Crippen LogP contribution is -2.48. The minimum absolute atomic E-state index is 0.0839.